The third kappa shape index (κ3) is 4.86. The summed E-state index contributed by atoms with van der Waals surface area (Å²) in [7, 11) is 1.37. The van der Waals surface area contributed by atoms with Crippen LogP contribution in [-0.2, 0) is 20.9 Å². The van der Waals surface area contributed by atoms with Crippen LogP contribution in [0.15, 0.2) is 48.5 Å². The van der Waals surface area contributed by atoms with E-state index in [0.717, 1.165) is 48.9 Å². The molecule has 0 aliphatic carbocycles. The van der Waals surface area contributed by atoms with E-state index in [-0.39, 0.29) is 12.6 Å². The van der Waals surface area contributed by atoms with Gasteiger partial charge in [-0.05, 0) is 42.3 Å². The molecule has 0 spiro atoms. The number of rotatable bonds is 6. The van der Waals surface area contributed by atoms with Crippen LogP contribution in [0.4, 0.5) is 5.69 Å². The van der Waals surface area contributed by atoms with Crippen LogP contribution in [0.5, 0.6) is 5.75 Å². The van der Waals surface area contributed by atoms with Crippen molar-refractivity contribution in [1.82, 2.24) is 0 Å². The lowest BCUT2D eigenvalue weighted by Gasteiger charge is -2.29. The molecule has 0 amide bonds. The monoisotopic (exact) mass is 401 g/mol. The van der Waals surface area contributed by atoms with Crippen LogP contribution in [0.2, 0.25) is 5.02 Å². The maximum Gasteiger partial charge on any atom is 0.338 e. The van der Waals surface area contributed by atoms with E-state index in [1.54, 1.807) is 19.1 Å². The molecule has 2 aromatic rings. The summed E-state index contributed by atoms with van der Waals surface area (Å²) in [6.45, 7) is 5.29. The molecule has 0 N–H and O–H groups in total. The number of nitrogens with zero attached hydrogens (tertiary/aromatic N) is 1. The molecule has 1 heterocycles. The Kier molecular flexibility index (Phi) is 6.95. The molecule has 0 atom stereocenters. The smallest absolute Gasteiger partial charge is 0.338 e. The lowest BCUT2D eigenvalue weighted by atomic mass is 10.00. The molecule has 0 aromatic heterocycles. The van der Waals surface area contributed by atoms with Gasteiger partial charge in [-0.3, -0.25) is 0 Å². The van der Waals surface area contributed by atoms with E-state index in [9.17, 15) is 4.79 Å². The molecule has 0 unspecified atom stereocenters. The molecule has 0 radical (unpaired) electrons. The van der Waals surface area contributed by atoms with Crippen molar-refractivity contribution >= 4 is 28.8 Å². The fourth-order valence-corrected chi connectivity index (χ4v) is 3.39. The zero-order valence-electron chi connectivity index (χ0n) is 16.1. The van der Waals surface area contributed by atoms with Gasteiger partial charge in [0.1, 0.15) is 12.4 Å². The third-order valence-corrected chi connectivity index (χ3v) is 4.87. The number of carbonyl (C=O) groups is 1. The summed E-state index contributed by atoms with van der Waals surface area (Å²) in [5, 5.41) is 0.588. The second kappa shape index (κ2) is 9.62. The third-order valence-electron chi connectivity index (χ3n) is 4.64. The van der Waals surface area contributed by atoms with E-state index in [4.69, 9.17) is 25.8 Å². The first-order valence-electron chi connectivity index (χ1n) is 9.21. The number of carbonyl (C=O) groups excluding carboxylic acids is 1. The normalized spacial score (nSPS) is 14.7. The Labute approximate surface area is 170 Å². The van der Waals surface area contributed by atoms with Gasteiger partial charge in [0.25, 0.3) is 0 Å². The maximum absolute atomic E-state index is 12.1. The van der Waals surface area contributed by atoms with Crippen LogP contribution >= 0.6 is 11.6 Å². The first-order chi connectivity index (χ1) is 13.6. The Morgan fingerprint density at radius 1 is 1.21 bits per heavy atom. The van der Waals surface area contributed by atoms with Crippen molar-refractivity contribution in [3.8, 4) is 5.75 Å². The van der Waals surface area contributed by atoms with Gasteiger partial charge in [0, 0.05) is 29.9 Å². The van der Waals surface area contributed by atoms with Crippen molar-refractivity contribution in [2.24, 2.45) is 0 Å². The van der Waals surface area contributed by atoms with Crippen molar-refractivity contribution in [3.05, 3.63) is 64.7 Å². The first kappa shape index (κ1) is 20.2. The van der Waals surface area contributed by atoms with Gasteiger partial charge in [-0.25, -0.2) is 4.79 Å². The molecule has 1 aliphatic rings. The van der Waals surface area contributed by atoms with Crippen LogP contribution in [0.3, 0.4) is 0 Å². The maximum atomic E-state index is 12.1. The Morgan fingerprint density at radius 3 is 2.71 bits per heavy atom. The summed E-state index contributed by atoms with van der Waals surface area (Å²) >= 11 is 6.18. The van der Waals surface area contributed by atoms with Crippen LogP contribution in [-0.4, -0.2) is 39.4 Å². The predicted octanol–water partition coefficient (Wildman–Crippen LogP) is 4.33. The minimum Gasteiger partial charge on any atom is -0.489 e. The summed E-state index contributed by atoms with van der Waals surface area (Å²) in [5.74, 6) is 0.371. The van der Waals surface area contributed by atoms with Gasteiger partial charge in [-0.1, -0.05) is 29.8 Å². The molecule has 0 bridgehead atoms. The van der Waals surface area contributed by atoms with Crippen LogP contribution in [0.1, 0.15) is 18.1 Å². The standard InChI is InChI=1S/C22H24ClNO4/c1-3-20(22(25)26-2)21-8-7-17(23)13-16(21)15-28-19-6-4-5-18(14-19)24-9-11-27-12-10-24/h3-8,13-14H,9-12,15H2,1-2H3. The molecule has 6 heteroatoms. The van der Waals surface area contributed by atoms with Gasteiger partial charge >= 0.3 is 5.97 Å². The number of methoxy groups -OCH3 is 1. The van der Waals surface area contributed by atoms with E-state index >= 15 is 0 Å². The van der Waals surface area contributed by atoms with Crippen LogP contribution in [0, 0.1) is 0 Å². The molecule has 1 saturated heterocycles. The minimum atomic E-state index is -0.389. The van der Waals surface area contributed by atoms with Gasteiger partial charge in [0.2, 0.25) is 0 Å². The van der Waals surface area contributed by atoms with E-state index in [0.29, 0.717) is 10.6 Å². The molecule has 2 aromatic carbocycles. The van der Waals surface area contributed by atoms with Crippen molar-refractivity contribution in [2.75, 3.05) is 38.3 Å². The lowest BCUT2D eigenvalue weighted by molar-refractivity contribution is -0.133. The number of hydrogen-bond donors (Lipinski definition) is 0. The summed E-state index contributed by atoms with van der Waals surface area (Å²) in [4.78, 5) is 14.4. The number of ether oxygens (including phenoxy) is 3. The molecule has 3 rings (SSSR count). The number of hydrogen-bond acceptors (Lipinski definition) is 5. The zero-order valence-corrected chi connectivity index (χ0v) is 16.9. The van der Waals surface area contributed by atoms with E-state index in [1.165, 1.54) is 7.11 Å². The summed E-state index contributed by atoms with van der Waals surface area (Å²) in [6.07, 6.45) is 1.73. The highest BCUT2D eigenvalue weighted by Gasteiger charge is 2.16. The van der Waals surface area contributed by atoms with Crippen molar-refractivity contribution in [1.29, 1.82) is 0 Å². The van der Waals surface area contributed by atoms with Crippen molar-refractivity contribution in [3.63, 3.8) is 0 Å². The number of morpholine rings is 1. The predicted molar refractivity (Wildman–Crippen MR) is 111 cm³/mol. The van der Waals surface area contributed by atoms with Gasteiger partial charge in [-0.2, -0.15) is 0 Å². The minimum absolute atomic E-state index is 0.288. The lowest BCUT2D eigenvalue weighted by Crippen LogP contribution is -2.36. The number of esters is 1. The number of halogens is 1. The van der Waals surface area contributed by atoms with Gasteiger partial charge in [0.15, 0.2) is 0 Å². The molecular formula is C22H24ClNO4. The number of anilines is 1. The average molecular weight is 402 g/mol. The highest BCUT2D eigenvalue weighted by atomic mass is 35.5. The molecule has 28 heavy (non-hydrogen) atoms. The molecular weight excluding hydrogens is 378 g/mol. The second-order valence-electron chi connectivity index (χ2n) is 6.38. The Bertz CT molecular complexity index is 859. The molecule has 0 saturated carbocycles. The number of allylic oxidation sites excluding steroid dienone is 1. The second-order valence-corrected chi connectivity index (χ2v) is 6.82. The SMILES string of the molecule is CC=C(C(=O)OC)c1ccc(Cl)cc1COc1cccc(N2CCOCC2)c1. The molecule has 148 valence electrons. The van der Waals surface area contributed by atoms with Gasteiger partial charge < -0.3 is 19.1 Å². The first-order valence-corrected chi connectivity index (χ1v) is 9.59. The fraction of sp³-hybridized carbons (Fsp3) is 0.318. The van der Waals surface area contributed by atoms with E-state index in [2.05, 4.69) is 11.0 Å². The summed E-state index contributed by atoms with van der Waals surface area (Å²) < 4.78 is 16.3. The molecule has 1 aliphatic heterocycles. The Balaban J connectivity index is 1.79. The van der Waals surface area contributed by atoms with E-state index in [1.807, 2.05) is 30.3 Å². The van der Waals surface area contributed by atoms with E-state index < -0.39 is 0 Å². The quantitative estimate of drug-likeness (QED) is 0.532. The summed E-state index contributed by atoms with van der Waals surface area (Å²) in [5.41, 5.74) is 3.17. The molecule has 5 nitrogen and oxygen atoms in total. The van der Waals surface area contributed by atoms with Crippen molar-refractivity contribution < 1.29 is 19.0 Å². The topological polar surface area (TPSA) is 48.0 Å². The molecule has 1 fully saturated rings. The highest BCUT2D eigenvalue weighted by molar-refractivity contribution is 6.30. The Morgan fingerprint density at radius 2 is 2.00 bits per heavy atom. The van der Waals surface area contributed by atoms with Crippen LogP contribution < -0.4 is 9.64 Å². The fourth-order valence-electron chi connectivity index (χ4n) is 3.19. The summed E-state index contributed by atoms with van der Waals surface area (Å²) in [6, 6.07) is 13.4. The van der Waals surface area contributed by atoms with Gasteiger partial charge in [-0.15, -0.1) is 0 Å². The van der Waals surface area contributed by atoms with Crippen molar-refractivity contribution in [2.45, 2.75) is 13.5 Å². The average Bonchev–Trinajstić information content (AvgIpc) is 2.74. The van der Waals surface area contributed by atoms with Crippen LogP contribution in [0.25, 0.3) is 5.57 Å². The largest absolute Gasteiger partial charge is 0.489 e. The highest BCUT2D eigenvalue weighted by Crippen LogP contribution is 2.27. The zero-order chi connectivity index (χ0) is 19.9. The van der Waals surface area contributed by atoms with Gasteiger partial charge in [0.05, 0.1) is 25.9 Å². The Hall–Kier alpha value is -2.50. The number of benzene rings is 2.